The lowest BCUT2D eigenvalue weighted by atomic mass is 9.97. The largest absolute Gasteiger partial charge is 0.416 e. The zero-order chi connectivity index (χ0) is 21.2. The van der Waals surface area contributed by atoms with E-state index in [0.29, 0.717) is 31.6 Å². The van der Waals surface area contributed by atoms with Crippen molar-refractivity contribution in [2.75, 3.05) is 13.2 Å². The van der Waals surface area contributed by atoms with Gasteiger partial charge in [0.15, 0.2) is 0 Å². The summed E-state index contributed by atoms with van der Waals surface area (Å²) in [7, 11) is 0. The Hall–Kier alpha value is -2.61. The predicted molar refractivity (Wildman–Crippen MR) is 102 cm³/mol. The van der Waals surface area contributed by atoms with Crippen molar-refractivity contribution in [2.24, 2.45) is 0 Å². The summed E-state index contributed by atoms with van der Waals surface area (Å²) in [6.45, 7) is 4.14. The van der Waals surface area contributed by atoms with Crippen molar-refractivity contribution in [1.29, 1.82) is 0 Å². The van der Waals surface area contributed by atoms with Gasteiger partial charge in [-0.25, -0.2) is 0 Å². The first-order valence-electron chi connectivity index (χ1n) is 9.46. The molecular weight excluding hydrogens is 385 g/mol. The van der Waals surface area contributed by atoms with Gasteiger partial charge in [-0.05, 0) is 49.9 Å². The molecule has 8 heteroatoms. The molecule has 2 heterocycles. The Labute approximate surface area is 166 Å². The van der Waals surface area contributed by atoms with E-state index in [4.69, 9.17) is 4.74 Å². The molecule has 5 nitrogen and oxygen atoms in total. The van der Waals surface area contributed by atoms with E-state index in [0.717, 1.165) is 6.07 Å². The fourth-order valence-corrected chi connectivity index (χ4v) is 3.67. The highest BCUT2D eigenvalue weighted by Crippen LogP contribution is 2.34. The number of benzene rings is 1. The molecule has 1 amide bonds. The van der Waals surface area contributed by atoms with Crippen LogP contribution in [-0.4, -0.2) is 23.7 Å². The molecule has 29 heavy (non-hydrogen) atoms. The number of carbonyl (C=O) groups is 1. The summed E-state index contributed by atoms with van der Waals surface area (Å²) in [6, 6.07) is 6.03. The van der Waals surface area contributed by atoms with Crippen molar-refractivity contribution in [2.45, 2.75) is 44.9 Å². The van der Waals surface area contributed by atoms with Gasteiger partial charge in [-0.2, -0.15) is 13.2 Å². The van der Waals surface area contributed by atoms with Crippen molar-refractivity contribution in [1.82, 2.24) is 9.88 Å². The number of carbonyl (C=O) groups excluding carboxylic acids is 1. The molecule has 1 aliphatic rings. The summed E-state index contributed by atoms with van der Waals surface area (Å²) in [5.74, 6) is -0.449. The van der Waals surface area contributed by atoms with Gasteiger partial charge in [0, 0.05) is 31.5 Å². The first-order valence-corrected chi connectivity index (χ1v) is 9.46. The lowest BCUT2D eigenvalue weighted by Crippen LogP contribution is -2.32. The van der Waals surface area contributed by atoms with Crippen molar-refractivity contribution in [3.63, 3.8) is 0 Å². The molecule has 0 saturated carbocycles. The number of ether oxygens (including phenoxy) is 1. The standard InChI is InChI=1S/C21H23F3N2O3/c1-13-17(4-3-5-18(13)21(22,23)24)14(2)25-20(28)15-6-7-19(27)26(12-15)16-8-10-29-11-9-16/h3-7,12,14,16H,8-11H2,1-2H3,(H,25,28)/t14-/m1/s1. The maximum absolute atomic E-state index is 13.2. The maximum atomic E-state index is 13.2. The first kappa shape index (κ1) is 21.1. The number of rotatable bonds is 4. The molecule has 0 radical (unpaired) electrons. The molecule has 1 atom stereocenters. The third kappa shape index (κ3) is 4.70. The van der Waals surface area contributed by atoms with Crippen molar-refractivity contribution in [3.8, 4) is 0 Å². The van der Waals surface area contributed by atoms with Crippen LogP contribution in [-0.2, 0) is 10.9 Å². The highest BCUT2D eigenvalue weighted by Gasteiger charge is 2.33. The van der Waals surface area contributed by atoms with Crippen LogP contribution in [0.25, 0.3) is 0 Å². The topological polar surface area (TPSA) is 60.3 Å². The summed E-state index contributed by atoms with van der Waals surface area (Å²) in [5.41, 5.74) is -0.155. The second-order valence-electron chi connectivity index (χ2n) is 7.22. The van der Waals surface area contributed by atoms with Crippen LogP contribution < -0.4 is 10.9 Å². The van der Waals surface area contributed by atoms with Gasteiger partial charge in [-0.15, -0.1) is 0 Å². The second-order valence-corrected chi connectivity index (χ2v) is 7.22. The van der Waals surface area contributed by atoms with Crippen molar-refractivity contribution in [3.05, 3.63) is 69.1 Å². The minimum atomic E-state index is -4.46. The van der Waals surface area contributed by atoms with Gasteiger partial charge in [-0.1, -0.05) is 12.1 Å². The summed E-state index contributed by atoms with van der Waals surface area (Å²) < 4.78 is 46.3. The van der Waals surface area contributed by atoms with E-state index >= 15 is 0 Å². The summed E-state index contributed by atoms with van der Waals surface area (Å²) >= 11 is 0. The monoisotopic (exact) mass is 408 g/mol. The van der Waals surface area contributed by atoms with Crippen LogP contribution in [0.5, 0.6) is 0 Å². The van der Waals surface area contributed by atoms with Gasteiger partial charge >= 0.3 is 6.18 Å². The molecule has 1 N–H and O–H groups in total. The van der Waals surface area contributed by atoms with Crippen LogP contribution in [0.2, 0.25) is 0 Å². The van der Waals surface area contributed by atoms with Crippen LogP contribution in [0.15, 0.2) is 41.3 Å². The molecule has 1 fully saturated rings. The number of nitrogens with zero attached hydrogens (tertiary/aromatic N) is 1. The number of halogens is 3. The fourth-order valence-electron chi connectivity index (χ4n) is 3.67. The average Bonchev–Trinajstić information content (AvgIpc) is 2.68. The number of aromatic nitrogens is 1. The van der Waals surface area contributed by atoms with E-state index in [9.17, 15) is 22.8 Å². The quantitative estimate of drug-likeness (QED) is 0.831. The Morgan fingerprint density at radius 2 is 1.90 bits per heavy atom. The van der Waals surface area contributed by atoms with Gasteiger partial charge in [0.2, 0.25) is 0 Å². The van der Waals surface area contributed by atoms with Crippen LogP contribution in [0, 0.1) is 6.92 Å². The van der Waals surface area contributed by atoms with Crippen LogP contribution in [0.4, 0.5) is 13.2 Å². The SMILES string of the molecule is Cc1c([C@@H](C)NC(=O)c2ccc(=O)n(C3CCOCC3)c2)cccc1C(F)(F)F. The van der Waals surface area contributed by atoms with Gasteiger partial charge in [-0.3, -0.25) is 9.59 Å². The second kappa shape index (κ2) is 8.41. The molecule has 0 aliphatic carbocycles. The Bertz CT molecular complexity index is 947. The van der Waals surface area contributed by atoms with Crippen molar-refractivity contribution >= 4 is 5.91 Å². The number of pyridine rings is 1. The summed E-state index contributed by atoms with van der Waals surface area (Å²) in [5, 5.41) is 2.74. The van der Waals surface area contributed by atoms with E-state index in [-0.39, 0.29) is 22.7 Å². The third-order valence-electron chi connectivity index (χ3n) is 5.28. The summed E-state index contributed by atoms with van der Waals surface area (Å²) in [4.78, 5) is 24.9. The Kier molecular flexibility index (Phi) is 6.12. The number of amides is 1. The maximum Gasteiger partial charge on any atom is 0.416 e. The lowest BCUT2D eigenvalue weighted by molar-refractivity contribution is -0.138. The molecule has 2 aromatic rings. The number of nitrogens with one attached hydrogen (secondary N) is 1. The first-order chi connectivity index (χ1) is 13.7. The number of alkyl halides is 3. The molecule has 3 rings (SSSR count). The van der Waals surface area contributed by atoms with E-state index < -0.39 is 23.7 Å². The zero-order valence-electron chi connectivity index (χ0n) is 16.3. The minimum absolute atomic E-state index is 0.0351. The third-order valence-corrected chi connectivity index (χ3v) is 5.28. The van der Waals surface area contributed by atoms with E-state index in [2.05, 4.69) is 5.32 Å². The van der Waals surface area contributed by atoms with Crippen LogP contribution >= 0.6 is 0 Å². The molecule has 1 aromatic carbocycles. The fraction of sp³-hybridized carbons (Fsp3) is 0.429. The smallest absolute Gasteiger partial charge is 0.381 e. The van der Waals surface area contributed by atoms with Gasteiger partial charge in [0.05, 0.1) is 17.2 Å². The average molecular weight is 408 g/mol. The molecule has 156 valence electrons. The molecule has 0 spiro atoms. The zero-order valence-corrected chi connectivity index (χ0v) is 16.3. The highest BCUT2D eigenvalue weighted by molar-refractivity contribution is 5.94. The Balaban J connectivity index is 1.81. The molecular formula is C21H23F3N2O3. The normalized spacial score (nSPS) is 16.4. The molecule has 0 unspecified atom stereocenters. The lowest BCUT2D eigenvalue weighted by Gasteiger charge is -2.25. The van der Waals surface area contributed by atoms with E-state index in [1.807, 2.05) is 0 Å². The molecule has 1 saturated heterocycles. The molecule has 1 aliphatic heterocycles. The van der Waals surface area contributed by atoms with E-state index in [1.54, 1.807) is 13.0 Å². The Morgan fingerprint density at radius 1 is 1.21 bits per heavy atom. The molecule has 0 bridgehead atoms. The number of hydrogen-bond donors (Lipinski definition) is 1. The van der Waals surface area contributed by atoms with Gasteiger partial charge in [0.1, 0.15) is 0 Å². The Morgan fingerprint density at radius 3 is 2.55 bits per heavy atom. The van der Waals surface area contributed by atoms with Crippen molar-refractivity contribution < 1.29 is 22.7 Å². The van der Waals surface area contributed by atoms with Gasteiger partial charge in [0.25, 0.3) is 11.5 Å². The van der Waals surface area contributed by atoms with Gasteiger partial charge < -0.3 is 14.6 Å². The number of hydrogen-bond acceptors (Lipinski definition) is 3. The predicted octanol–water partition coefficient (Wildman–Crippen LogP) is 4.02. The van der Waals surface area contributed by atoms with E-state index in [1.165, 1.54) is 35.9 Å². The van der Waals surface area contributed by atoms with Crippen LogP contribution in [0.1, 0.15) is 58.9 Å². The molecule has 1 aromatic heterocycles. The summed E-state index contributed by atoms with van der Waals surface area (Å²) in [6.07, 6.45) is -1.57. The highest BCUT2D eigenvalue weighted by atomic mass is 19.4. The van der Waals surface area contributed by atoms with Crippen LogP contribution in [0.3, 0.4) is 0 Å². The minimum Gasteiger partial charge on any atom is -0.381 e.